The molecule has 0 radical (unpaired) electrons. The zero-order valence-electron chi connectivity index (χ0n) is 9.58. The molecule has 0 spiro atoms. The minimum Gasteiger partial charge on any atom is -0.270 e. The highest BCUT2D eigenvalue weighted by atomic mass is 16.7. The molecule has 0 bridgehead atoms. The smallest absolute Gasteiger partial charge is 0.270 e. The summed E-state index contributed by atoms with van der Waals surface area (Å²) < 4.78 is 0. The first kappa shape index (κ1) is 10.7. The first-order valence-electron chi connectivity index (χ1n) is 5.56. The molecule has 3 atom stereocenters. The fraction of sp³-hybridized carbons (Fsp3) is 1.00. The molecule has 2 aliphatic rings. The summed E-state index contributed by atoms with van der Waals surface area (Å²) in [6.45, 7) is 6.75. The number of diazo groups is 1. The first-order chi connectivity index (χ1) is 7.04. The first-order valence-corrected chi connectivity index (χ1v) is 5.56. The van der Waals surface area contributed by atoms with E-state index in [1.54, 1.807) is 0 Å². The second-order valence-electron chi connectivity index (χ2n) is 5.47. The van der Waals surface area contributed by atoms with E-state index >= 15 is 0 Å². The third-order valence-electron chi connectivity index (χ3n) is 4.37. The van der Waals surface area contributed by atoms with Gasteiger partial charge < -0.3 is 0 Å². The summed E-state index contributed by atoms with van der Waals surface area (Å²) in [7, 11) is 0. The summed E-state index contributed by atoms with van der Waals surface area (Å²) in [6, 6.07) is 0. The van der Waals surface area contributed by atoms with Crippen LogP contribution < -0.4 is 11.1 Å². The van der Waals surface area contributed by atoms with Crippen LogP contribution in [0.1, 0.15) is 40.0 Å². The molecule has 3 unspecified atom stereocenters. The second kappa shape index (κ2) is 3.32. The molecule has 2 fully saturated rings. The maximum Gasteiger partial charge on any atom is 0.322 e. The molecule has 2 aliphatic carbocycles. The van der Waals surface area contributed by atoms with Crippen molar-refractivity contribution in [1.82, 2.24) is 11.1 Å². The second-order valence-corrected chi connectivity index (χ2v) is 5.47. The third kappa shape index (κ3) is 1.40. The van der Waals surface area contributed by atoms with Gasteiger partial charge in [-0.3, -0.25) is 4.84 Å². The lowest BCUT2D eigenvalue weighted by Gasteiger charge is -2.26. The molecule has 5 nitrogen and oxygen atoms in total. The van der Waals surface area contributed by atoms with Gasteiger partial charge in [-0.2, -0.15) is 0 Å². The van der Waals surface area contributed by atoms with Crippen molar-refractivity contribution in [1.29, 1.82) is 5.39 Å². The predicted molar refractivity (Wildman–Crippen MR) is 55.5 cm³/mol. The van der Waals surface area contributed by atoms with E-state index in [2.05, 4.69) is 37.0 Å². The van der Waals surface area contributed by atoms with Crippen molar-refractivity contribution in [3.05, 3.63) is 5.08 Å². The lowest BCUT2D eigenvalue weighted by atomic mass is 9.88. The number of nitrogens with zero attached hydrogens (tertiary/aromatic N) is 2. The maximum atomic E-state index is 8.25. The average Bonchev–Trinajstić information content (AvgIpc) is 2.63. The Hall–Kier alpha value is -0.860. The largest absolute Gasteiger partial charge is 0.322 e. The monoisotopic (exact) mass is 211 g/mol. The normalized spacial score (nSPS) is 41.5. The van der Waals surface area contributed by atoms with Crippen LogP contribution in [0.25, 0.3) is 5.08 Å². The van der Waals surface area contributed by atoms with Crippen molar-refractivity contribution in [3.8, 4) is 0 Å². The standard InChI is InChI=1S/C10H18N4O/c1-7-4-5-8-9(2,3)10(8,6-7)15-14-13-12-11/h7-8,11H,4-6H2,1-3H3/p+1. The van der Waals surface area contributed by atoms with E-state index in [4.69, 9.17) is 10.2 Å². The molecular formula is C10H19N4O+. The van der Waals surface area contributed by atoms with E-state index in [9.17, 15) is 0 Å². The van der Waals surface area contributed by atoms with E-state index in [1.165, 1.54) is 12.8 Å². The Kier molecular flexibility index (Phi) is 2.36. The van der Waals surface area contributed by atoms with Crippen molar-refractivity contribution < 1.29 is 4.84 Å². The van der Waals surface area contributed by atoms with Crippen LogP contribution in [0.15, 0.2) is 0 Å². The summed E-state index contributed by atoms with van der Waals surface area (Å²) in [4.78, 5) is 5.66. The number of rotatable bonds is 3. The highest BCUT2D eigenvalue weighted by molar-refractivity contribution is 5.21. The minimum atomic E-state index is -0.0810. The Bertz CT molecular complexity index is 298. The maximum absolute atomic E-state index is 8.25. The van der Waals surface area contributed by atoms with Gasteiger partial charge in [-0.25, -0.2) is 0 Å². The predicted octanol–water partition coefficient (Wildman–Crippen LogP) is 2.00. The van der Waals surface area contributed by atoms with Gasteiger partial charge >= 0.3 is 5.08 Å². The zero-order chi connectivity index (χ0) is 11.1. The molecule has 5 heteroatoms. The summed E-state index contributed by atoms with van der Waals surface area (Å²) >= 11 is 0. The van der Waals surface area contributed by atoms with E-state index in [0.29, 0.717) is 11.8 Å². The molecule has 2 rings (SSSR count). The summed E-state index contributed by atoms with van der Waals surface area (Å²) in [6.07, 6.45) is 3.59. The Morgan fingerprint density at radius 3 is 2.80 bits per heavy atom. The number of hydrogen-bond acceptors (Lipinski definition) is 4. The SMILES string of the molecule is CC1CCC2C(C)(C)C2(ONN[N+]#N)C1. The molecular weight excluding hydrogens is 192 g/mol. The molecule has 2 saturated carbocycles. The van der Waals surface area contributed by atoms with Crippen molar-refractivity contribution in [2.45, 2.75) is 45.6 Å². The van der Waals surface area contributed by atoms with Gasteiger partial charge in [0.1, 0.15) is 5.60 Å². The summed E-state index contributed by atoms with van der Waals surface area (Å²) in [5.41, 5.74) is 4.85. The highest BCUT2D eigenvalue weighted by Crippen LogP contribution is 2.70. The number of hydrogen-bond donors (Lipinski definition) is 2. The fourth-order valence-electron chi connectivity index (χ4n) is 3.37. The van der Waals surface area contributed by atoms with Crippen LogP contribution in [0, 0.1) is 22.6 Å². The van der Waals surface area contributed by atoms with Gasteiger partial charge in [-0.15, -0.1) is 0 Å². The topological polar surface area (TPSA) is 61.4 Å². The van der Waals surface area contributed by atoms with Gasteiger partial charge in [0.25, 0.3) is 5.39 Å². The molecule has 0 aromatic carbocycles. The Labute approximate surface area is 90.1 Å². The molecule has 0 aromatic rings. The van der Waals surface area contributed by atoms with Crippen LogP contribution in [0.5, 0.6) is 0 Å². The molecule has 84 valence electrons. The highest BCUT2D eigenvalue weighted by Gasteiger charge is 2.73. The van der Waals surface area contributed by atoms with Crippen molar-refractivity contribution in [3.63, 3.8) is 0 Å². The van der Waals surface area contributed by atoms with E-state index in [1.807, 2.05) is 0 Å². The number of hydrazine groups is 1. The van der Waals surface area contributed by atoms with Crippen LogP contribution >= 0.6 is 0 Å². The fourth-order valence-corrected chi connectivity index (χ4v) is 3.37. The molecule has 0 aromatic heterocycles. The van der Waals surface area contributed by atoms with E-state index < -0.39 is 0 Å². The van der Waals surface area contributed by atoms with Gasteiger partial charge in [0.15, 0.2) is 0 Å². The quantitative estimate of drug-likeness (QED) is 0.426. The van der Waals surface area contributed by atoms with Gasteiger partial charge in [0.05, 0.1) is 5.53 Å². The number of fused-ring (bicyclic) bond motifs is 1. The summed E-state index contributed by atoms with van der Waals surface area (Å²) in [5.74, 6) is 1.32. The Morgan fingerprint density at radius 2 is 2.13 bits per heavy atom. The van der Waals surface area contributed by atoms with Crippen molar-refractivity contribution in [2.75, 3.05) is 0 Å². The molecule has 0 heterocycles. The van der Waals surface area contributed by atoms with E-state index in [0.717, 1.165) is 6.42 Å². The van der Waals surface area contributed by atoms with Crippen LogP contribution in [-0.2, 0) is 4.84 Å². The van der Waals surface area contributed by atoms with Gasteiger partial charge in [0.2, 0.25) is 0 Å². The van der Waals surface area contributed by atoms with Crippen molar-refractivity contribution in [2.24, 2.45) is 17.3 Å². The molecule has 15 heavy (non-hydrogen) atoms. The Balaban J connectivity index is 2.02. The Morgan fingerprint density at radius 1 is 1.40 bits per heavy atom. The van der Waals surface area contributed by atoms with Crippen LogP contribution in [-0.4, -0.2) is 5.60 Å². The molecule has 0 aliphatic heterocycles. The molecule has 0 amide bonds. The summed E-state index contributed by atoms with van der Waals surface area (Å²) in [5, 5.41) is 11.0. The van der Waals surface area contributed by atoms with Gasteiger partial charge in [-0.1, -0.05) is 27.2 Å². The molecule has 2 N–H and O–H groups in total. The van der Waals surface area contributed by atoms with Crippen LogP contribution in [0.3, 0.4) is 0 Å². The van der Waals surface area contributed by atoms with Crippen molar-refractivity contribution >= 4 is 0 Å². The average molecular weight is 211 g/mol. The minimum absolute atomic E-state index is 0.0810. The third-order valence-corrected chi connectivity index (χ3v) is 4.37. The van der Waals surface area contributed by atoms with E-state index in [-0.39, 0.29) is 11.0 Å². The van der Waals surface area contributed by atoms with Crippen LogP contribution in [0.4, 0.5) is 0 Å². The van der Waals surface area contributed by atoms with Gasteiger partial charge in [-0.05, 0) is 30.3 Å². The lowest BCUT2D eigenvalue weighted by Crippen LogP contribution is -2.38. The van der Waals surface area contributed by atoms with Crippen LogP contribution in [0.2, 0.25) is 0 Å². The zero-order valence-corrected chi connectivity index (χ0v) is 9.58. The van der Waals surface area contributed by atoms with Gasteiger partial charge in [0, 0.05) is 5.41 Å². The molecule has 0 saturated heterocycles. The lowest BCUT2D eigenvalue weighted by molar-refractivity contribution is -0.100. The number of nitrogens with one attached hydrogen (secondary N) is 2.